The van der Waals surface area contributed by atoms with E-state index in [-0.39, 0.29) is 5.41 Å². The van der Waals surface area contributed by atoms with Crippen LogP contribution in [0.25, 0.3) is 22.3 Å². The maximum absolute atomic E-state index is 3.81. The van der Waals surface area contributed by atoms with Crippen molar-refractivity contribution in [1.29, 1.82) is 0 Å². The minimum atomic E-state index is -0.351. The van der Waals surface area contributed by atoms with E-state index < -0.39 is 0 Å². The molecule has 0 saturated heterocycles. The number of hydrogen-bond donors (Lipinski definition) is 0. The highest BCUT2D eigenvalue weighted by atomic mass is 79.9. The van der Waals surface area contributed by atoms with Crippen LogP contribution in [0.5, 0.6) is 0 Å². The van der Waals surface area contributed by atoms with E-state index in [1.54, 1.807) is 0 Å². The summed E-state index contributed by atoms with van der Waals surface area (Å²) in [5.74, 6) is 0.648. The van der Waals surface area contributed by atoms with Gasteiger partial charge >= 0.3 is 0 Å². The molecule has 0 aliphatic heterocycles. The summed E-state index contributed by atoms with van der Waals surface area (Å²) < 4.78 is 1.12. The van der Waals surface area contributed by atoms with Gasteiger partial charge in [-0.25, -0.2) is 0 Å². The summed E-state index contributed by atoms with van der Waals surface area (Å²) >= 11 is 3.81. The van der Waals surface area contributed by atoms with Crippen LogP contribution in [-0.2, 0) is 5.41 Å². The number of fused-ring (bicyclic) bond motifs is 3. The first-order valence-electron chi connectivity index (χ1n) is 12.4. The fourth-order valence-corrected chi connectivity index (χ4v) is 6.48. The van der Waals surface area contributed by atoms with Crippen LogP contribution >= 0.6 is 15.9 Å². The minimum absolute atomic E-state index is 0.351. The predicted octanol–water partition coefficient (Wildman–Crippen LogP) is 9.36. The van der Waals surface area contributed by atoms with E-state index >= 15 is 0 Å². The molecule has 0 aromatic heterocycles. The van der Waals surface area contributed by atoms with Gasteiger partial charge in [0.2, 0.25) is 0 Å². The molecule has 2 aliphatic rings. The summed E-state index contributed by atoms with van der Waals surface area (Å²) in [7, 11) is 0. The Bertz CT molecular complexity index is 1490. The van der Waals surface area contributed by atoms with Crippen LogP contribution in [0.3, 0.4) is 0 Å². The molecule has 0 unspecified atom stereocenters. The van der Waals surface area contributed by atoms with E-state index in [9.17, 15) is 0 Å². The van der Waals surface area contributed by atoms with Crippen molar-refractivity contribution in [2.24, 2.45) is 0 Å². The first kappa shape index (κ1) is 20.9. The average molecular weight is 513 g/mol. The second-order valence-corrected chi connectivity index (χ2v) is 10.7. The van der Waals surface area contributed by atoms with Gasteiger partial charge in [-0.1, -0.05) is 119 Å². The van der Waals surface area contributed by atoms with Crippen molar-refractivity contribution in [2.45, 2.75) is 24.2 Å². The van der Waals surface area contributed by atoms with E-state index in [0.29, 0.717) is 5.92 Å². The van der Waals surface area contributed by atoms with Crippen molar-refractivity contribution in [1.82, 2.24) is 0 Å². The topological polar surface area (TPSA) is 0 Å². The zero-order valence-electron chi connectivity index (χ0n) is 19.4. The first-order chi connectivity index (χ1) is 17.3. The molecule has 0 atom stereocenters. The zero-order valence-corrected chi connectivity index (χ0v) is 21.0. The van der Waals surface area contributed by atoms with Gasteiger partial charge in [-0.2, -0.15) is 0 Å². The van der Waals surface area contributed by atoms with E-state index in [1.807, 2.05) is 0 Å². The molecule has 0 amide bonds. The minimum Gasteiger partial charge on any atom is -0.0622 e. The van der Waals surface area contributed by atoms with E-state index in [2.05, 4.69) is 137 Å². The highest BCUT2D eigenvalue weighted by Gasteiger charge is 2.47. The lowest BCUT2D eigenvalue weighted by Crippen LogP contribution is -2.28. The van der Waals surface area contributed by atoms with Crippen LogP contribution < -0.4 is 0 Å². The van der Waals surface area contributed by atoms with Crippen LogP contribution in [0.15, 0.2) is 126 Å². The Morgan fingerprint density at radius 1 is 0.543 bits per heavy atom. The quantitative estimate of drug-likeness (QED) is 0.220. The van der Waals surface area contributed by atoms with Gasteiger partial charge in [0.15, 0.2) is 0 Å². The Kier molecular flexibility index (Phi) is 4.82. The van der Waals surface area contributed by atoms with Crippen molar-refractivity contribution in [3.05, 3.63) is 154 Å². The number of hydrogen-bond acceptors (Lipinski definition) is 0. The van der Waals surface area contributed by atoms with Crippen LogP contribution in [0, 0.1) is 0 Å². The van der Waals surface area contributed by atoms with Crippen LogP contribution in [-0.4, -0.2) is 0 Å². The van der Waals surface area contributed by atoms with Gasteiger partial charge in [0.05, 0.1) is 5.41 Å². The Morgan fingerprint density at radius 2 is 1.11 bits per heavy atom. The molecular formula is C34H25Br. The molecule has 2 aliphatic carbocycles. The second-order valence-electron chi connectivity index (χ2n) is 9.80. The molecule has 5 aromatic rings. The van der Waals surface area contributed by atoms with Crippen molar-refractivity contribution in [3.63, 3.8) is 0 Å². The van der Waals surface area contributed by atoms with Crippen molar-refractivity contribution < 1.29 is 0 Å². The molecule has 0 heterocycles. The molecule has 5 aromatic carbocycles. The summed E-state index contributed by atoms with van der Waals surface area (Å²) in [6.07, 6.45) is 2.56. The van der Waals surface area contributed by atoms with Gasteiger partial charge < -0.3 is 0 Å². The normalized spacial score (nSPS) is 15.5. The Balaban J connectivity index is 1.63. The fraction of sp³-hybridized carbons (Fsp3) is 0.118. The number of rotatable bonds is 4. The largest absolute Gasteiger partial charge is 0.0714 e. The summed E-state index contributed by atoms with van der Waals surface area (Å²) in [6.45, 7) is 0. The van der Waals surface area contributed by atoms with Gasteiger partial charge in [-0.05, 0) is 87.0 Å². The lowest BCUT2D eigenvalue weighted by atomic mass is 9.67. The van der Waals surface area contributed by atoms with Gasteiger partial charge in [-0.15, -0.1) is 0 Å². The second kappa shape index (κ2) is 8.07. The SMILES string of the molecule is Brc1ccc2c(c1)C(c1ccccc1)(c1ccccc1)c1cc(C3CC3)c(-c3ccccc3)cc1-2. The molecule has 0 nitrogen and oxygen atoms in total. The molecule has 7 rings (SSSR count). The molecular weight excluding hydrogens is 488 g/mol. The highest BCUT2D eigenvalue weighted by Crippen LogP contribution is 2.59. The lowest BCUT2D eigenvalue weighted by Gasteiger charge is -2.34. The molecule has 35 heavy (non-hydrogen) atoms. The average Bonchev–Trinajstić information content (AvgIpc) is 3.73. The lowest BCUT2D eigenvalue weighted by molar-refractivity contribution is 0.766. The summed E-state index contributed by atoms with van der Waals surface area (Å²) in [4.78, 5) is 0. The van der Waals surface area contributed by atoms with E-state index in [1.165, 1.54) is 62.9 Å². The third-order valence-corrected chi connectivity index (χ3v) is 8.28. The number of benzene rings is 5. The van der Waals surface area contributed by atoms with Crippen LogP contribution in [0.2, 0.25) is 0 Å². The highest BCUT2D eigenvalue weighted by molar-refractivity contribution is 9.10. The Morgan fingerprint density at radius 3 is 1.71 bits per heavy atom. The van der Waals surface area contributed by atoms with Crippen LogP contribution in [0.4, 0.5) is 0 Å². The molecule has 0 bridgehead atoms. The fourth-order valence-electron chi connectivity index (χ4n) is 6.12. The molecule has 1 saturated carbocycles. The monoisotopic (exact) mass is 512 g/mol. The maximum atomic E-state index is 3.81. The third kappa shape index (κ3) is 3.18. The molecule has 1 fully saturated rings. The van der Waals surface area contributed by atoms with Gasteiger partial charge in [-0.3, -0.25) is 0 Å². The Labute approximate surface area is 215 Å². The van der Waals surface area contributed by atoms with E-state index in [0.717, 1.165) is 4.47 Å². The third-order valence-electron chi connectivity index (χ3n) is 7.79. The zero-order chi connectivity index (χ0) is 23.4. The molecule has 0 N–H and O–H groups in total. The van der Waals surface area contributed by atoms with Crippen molar-refractivity contribution in [2.75, 3.05) is 0 Å². The Hall–Kier alpha value is -3.42. The molecule has 0 radical (unpaired) electrons. The summed E-state index contributed by atoms with van der Waals surface area (Å²) in [5.41, 5.74) is 11.9. The molecule has 1 heteroatoms. The summed E-state index contributed by atoms with van der Waals surface area (Å²) in [5, 5.41) is 0. The van der Waals surface area contributed by atoms with Crippen molar-refractivity contribution in [3.8, 4) is 22.3 Å². The summed E-state index contributed by atoms with van der Waals surface area (Å²) in [6, 6.07) is 45.0. The molecule has 0 spiro atoms. The van der Waals surface area contributed by atoms with Gasteiger partial charge in [0.25, 0.3) is 0 Å². The predicted molar refractivity (Wildman–Crippen MR) is 149 cm³/mol. The first-order valence-corrected chi connectivity index (χ1v) is 13.2. The van der Waals surface area contributed by atoms with Crippen LogP contribution in [0.1, 0.15) is 46.6 Å². The molecule has 168 valence electrons. The van der Waals surface area contributed by atoms with Crippen molar-refractivity contribution >= 4 is 15.9 Å². The standard InChI is InChI=1S/C34H25Br/c35-27-18-19-28-31-21-29(23-10-4-1-5-11-23)30(24-16-17-24)22-33(31)34(32(28)20-27,25-12-6-2-7-13-25)26-14-8-3-9-15-26/h1-15,18-22,24H,16-17H2. The van der Waals surface area contributed by atoms with Gasteiger partial charge in [0.1, 0.15) is 0 Å². The van der Waals surface area contributed by atoms with E-state index in [4.69, 9.17) is 0 Å². The number of halogens is 1. The smallest absolute Gasteiger partial charge is 0.0622 e. The van der Waals surface area contributed by atoms with Gasteiger partial charge in [0, 0.05) is 4.47 Å². The maximum Gasteiger partial charge on any atom is 0.0714 e.